The minimum atomic E-state index is 0.151. The van der Waals surface area contributed by atoms with Crippen LogP contribution in [0.3, 0.4) is 0 Å². The zero-order valence-electron chi connectivity index (χ0n) is 17.2. The summed E-state index contributed by atoms with van der Waals surface area (Å²) in [5, 5.41) is 0. The number of rotatable bonds is 4. The van der Waals surface area contributed by atoms with E-state index in [1.165, 1.54) is 22.3 Å². The van der Waals surface area contributed by atoms with Gasteiger partial charge in [-0.15, -0.1) is 0 Å². The molecule has 0 spiro atoms. The lowest BCUT2D eigenvalue weighted by atomic mass is 9.96. The Morgan fingerprint density at radius 1 is 1.07 bits per heavy atom. The number of nitrogens with zero attached hydrogens (tertiary/aromatic N) is 4. The molecular formula is C22H30N4O. The molecule has 3 rings (SSSR count). The third-order valence-electron chi connectivity index (χ3n) is 5.41. The fourth-order valence-electron chi connectivity index (χ4n) is 3.79. The number of carbonyl (C=O) groups excluding carboxylic acids is 1. The van der Waals surface area contributed by atoms with Crippen molar-refractivity contribution in [2.24, 2.45) is 0 Å². The molecule has 0 saturated carbocycles. The molecule has 5 nitrogen and oxygen atoms in total. The minimum absolute atomic E-state index is 0.151. The summed E-state index contributed by atoms with van der Waals surface area (Å²) >= 11 is 0. The van der Waals surface area contributed by atoms with Gasteiger partial charge in [-0.25, -0.2) is 9.97 Å². The number of piperazine rings is 1. The summed E-state index contributed by atoms with van der Waals surface area (Å²) < 4.78 is 0. The Balaban J connectivity index is 1.97. The van der Waals surface area contributed by atoms with Gasteiger partial charge in [0.05, 0.1) is 0 Å². The molecule has 0 N–H and O–H groups in total. The van der Waals surface area contributed by atoms with Gasteiger partial charge in [-0.05, 0) is 38.3 Å². The van der Waals surface area contributed by atoms with Gasteiger partial charge in [-0.1, -0.05) is 30.7 Å². The average Bonchev–Trinajstić information content (AvgIpc) is 2.65. The number of aromatic nitrogens is 2. The Bertz CT molecular complexity index is 838. The molecule has 0 atom stereocenters. The zero-order valence-corrected chi connectivity index (χ0v) is 17.2. The number of carbonyl (C=O) groups is 1. The van der Waals surface area contributed by atoms with Gasteiger partial charge in [0.25, 0.3) is 0 Å². The molecule has 0 radical (unpaired) electrons. The van der Waals surface area contributed by atoms with Crippen molar-refractivity contribution < 1.29 is 4.79 Å². The molecule has 1 aliphatic heterocycles. The summed E-state index contributed by atoms with van der Waals surface area (Å²) in [5.41, 5.74) is 6.27. The van der Waals surface area contributed by atoms with E-state index in [2.05, 4.69) is 43.9 Å². The Hall–Kier alpha value is -2.43. The lowest BCUT2D eigenvalue weighted by Crippen LogP contribution is -2.48. The van der Waals surface area contributed by atoms with Crippen molar-refractivity contribution in [2.45, 2.75) is 47.5 Å². The zero-order chi connectivity index (χ0) is 19.6. The van der Waals surface area contributed by atoms with Crippen LogP contribution in [0.5, 0.6) is 0 Å². The second kappa shape index (κ2) is 8.07. The van der Waals surface area contributed by atoms with Crippen LogP contribution >= 0.6 is 0 Å². The number of hydrogen-bond donors (Lipinski definition) is 0. The van der Waals surface area contributed by atoms with Gasteiger partial charge in [0, 0.05) is 50.8 Å². The molecule has 1 fully saturated rings. The highest BCUT2D eigenvalue weighted by Gasteiger charge is 2.24. The topological polar surface area (TPSA) is 49.3 Å². The van der Waals surface area contributed by atoms with Crippen LogP contribution in [0.2, 0.25) is 0 Å². The highest BCUT2D eigenvalue weighted by Crippen LogP contribution is 2.27. The largest absolute Gasteiger partial charge is 0.353 e. The maximum absolute atomic E-state index is 11.7. The number of benzene rings is 1. The second-order valence-corrected chi connectivity index (χ2v) is 7.47. The first-order chi connectivity index (χ1) is 12.9. The maximum Gasteiger partial charge on any atom is 0.219 e. The van der Waals surface area contributed by atoms with Crippen LogP contribution < -0.4 is 4.90 Å². The molecular weight excluding hydrogens is 336 g/mol. The standard InChI is InChI=1S/C22H30N4O/c1-6-21-20(14-19-13-15(2)7-8-16(19)3)22(24-17(4)23-21)26-11-9-25(10-12-26)18(5)27/h7-8,13H,6,9-12,14H2,1-5H3. The fraction of sp³-hybridized carbons (Fsp3) is 0.500. The van der Waals surface area contributed by atoms with E-state index in [-0.39, 0.29) is 5.91 Å². The SMILES string of the molecule is CCc1nc(C)nc(N2CCN(C(C)=O)CC2)c1Cc1cc(C)ccc1C. The first-order valence-corrected chi connectivity index (χ1v) is 9.82. The van der Waals surface area contributed by atoms with Gasteiger partial charge in [0.15, 0.2) is 0 Å². The van der Waals surface area contributed by atoms with E-state index in [0.717, 1.165) is 56.4 Å². The lowest BCUT2D eigenvalue weighted by molar-refractivity contribution is -0.129. The number of amides is 1. The Kier molecular flexibility index (Phi) is 5.78. The quantitative estimate of drug-likeness (QED) is 0.834. The van der Waals surface area contributed by atoms with Crippen LogP contribution in [0.4, 0.5) is 5.82 Å². The van der Waals surface area contributed by atoms with Crippen molar-refractivity contribution in [1.82, 2.24) is 14.9 Å². The van der Waals surface area contributed by atoms with Crippen LogP contribution in [-0.4, -0.2) is 47.0 Å². The summed E-state index contributed by atoms with van der Waals surface area (Å²) in [5.74, 6) is 2.02. The molecule has 27 heavy (non-hydrogen) atoms. The van der Waals surface area contributed by atoms with E-state index in [1.54, 1.807) is 6.92 Å². The van der Waals surface area contributed by atoms with Crippen LogP contribution in [0.15, 0.2) is 18.2 Å². The molecule has 1 aliphatic rings. The molecule has 0 bridgehead atoms. The summed E-state index contributed by atoms with van der Waals surface area (Å²) in [6, 6.07) is 6.62. The molecule has 2 aromatic rings. The molecule has 5 heteroatoms. The Labute approximate surface area is 162 Å². The molecule has 144 valence electrons. The van der Waals surface area contributed by atoms with E-state index < -0.39 is 0 Å². The normalized spacial score (nSPS) is 14.6. The van der Waals surface area contributed by atoms with Crippen molar-refractivity contribution in [3.63, 3.8) is 0 Å². The van der Waals surface area contributed by atoms with Gasteiger partial charge in [0.1, 0.15) is 11.6 Å². The van der Waals surface area contributed by atoms with Crippen molar-refractivity contribution in [1.29, 1.82) is 0 Å². The molecule has 0 unspecified atom stereocenters. The average molecular weight is 367 g/mol. The monoisotopic (exact) mass is 366 g/mol. The third-order valence-corrected chi connectivity index (χ3v) is 5.41. The first kappa shape index (κ1) is 19.3. The van der Waals surface area contributed by atoms with Crippen LogP contribution in [0, 0.1) is 20.8 Å². The number of aryl methyl sites for hydroxylation is 4. The Morgan fingerprint density at radius 3 is 2.41 bits per heavy atom. The van der Waals surface area contributed by atoms with Crippen molar-refractivity contribution in [2.75, 3.05) is 31.1 Å². The number of hydrogen-bond acceptors (Lipinski definition) is 4. The highest BCUT2D eigenvalue weighted by molar-refractivity contribution is 5.73. The van der Waals surface area contributed by atoms with Crippen LogP contribution in [0.25, 0.3) is 0 Å². The second-order valence-electron chi connectivity index (χ2n) is 7.47. The predicted molar refractivity (Wildman–Crippen MR) is 109 cm³/mol. The predicted octanol–water partition coefficient (Wildman–Crippen LogP) is 3.22. The molecule has 1 aromatic carbocycles. The van der Waals surface area contributed by atoms with Crippen LogP contribution in [-0.2, 0) is 17.6 Å². The van der Waals surface area contributed by atoms with Crippen LogP contribution in [0.1, 0.15) is 47.6 Å². The molecule has 0 aliphatic carbocycles. The van der Waals surface area contributed by atoms with E-state index in [4.69, 9.17) is 9.97 Å². The van der Waals surface area contributed by atoms with Crippen molar-refractivity contribution >= 4 is 11.7 Å². The number of anilines is 1. The van der Waals surface area contributed by atoms with E-state index in [0.29, 0.717) is 0 Å². The van der Waals surface area contributed by atoms with Crippen molar-refractivity contribution in [3.05, 3.63) is 52.0 Å². The van der Waals surface area contributed by atoms with Gasteiger partial charge in [-0.2, -0.15) is 0 Å². The Morgan fingerprint density at radius 2 is 1.78 bits per heavy atom. The molecule has 1 aromatic heterocycles. The molecule has 2 heterocycles. The van der Waals surface area contributed by atoms with Gasteiger partial charge in [0.2, 0.25) is 5.91 Å². The molecule has 1 saturated heterocycles. The van der Waals surface area contributed by atoms with Gasteiger partial charge in [-0.3, -0.25) is 4.79 Å². The third kappa shape index (κ3) is 4.29. The summed E-state index contributed by atoms with van der Waals surface area (Å²) in [4.78, 5) is 25.5. The maximum atomic E-state index is 11.7. The smallest absolute Gasteiger partial charge is 0.219 e. The summed E-state index contributed by atoms with van der Waals surface area (Å²) in [6.45, 7) is 13.2. The van der Waals surface area contributed by atoms with E-state index in [1.807, 2.05) is 11.8 Å². The van der Waals surface area contributed by atoms with Gasteiger partial charge >= 0.3 is 0 Å². The minimum Gasteiger partial charge on any atom is -0.353 e. The molecule has 1 amide bonds. The fourth-order valence-corrected chi connectivity index (χ4v) is 3.79. The van der Waals surface area contributed by atoms with E-state index in [9.17, 15) is 4.79 Å². The summed E-state index contributed by atoms with van der Waals surface area (Å²) in [6.07, 6.45) is 1.74. The first-order valence-electron chi connectivity index (χ1n) is 9.82. The lowest BCUT2D eigenvalue weighted by Gasteiger charge is -2.36. The summed E-state index contributed by atoms with van der Waals surface area (Å²) in [7, 11) is 0. The van der Waals surface area contributed by atoms with E-state index >= 15 is 0 Å². The highest BCUT2D eigenvalue weighted by atomic mass is 16.2. The van der Waals surface area contributed by atoms with Gasteiger partial charge < -0.3 is 9.80 Å². The van der Waals surface area contributed by atoms with Crippen molar-refractivity contribution in [3.8, 4) is 0 Å².